The molecule has 0 unspecified atom stereocenters. The maximum atomic E-state index is 13.7. The van der Waals surface area contributed by atoms with Gasteiger partial charge in [0.25, 0.3) is 5.91 Å². The van der Waals surface area contributed by atoms with Crippen LogP contribution in [0.25, 0.3) is 0 Å². The van der Waals surface area contributed by atoms with Crippen molar-refractivity contribution in [3.05, 3.63) is 46.6 Å². The van der Waals surface area contributed by atoms with Crippen LogP contribution in [-0.2, 0) is 4.79 Å². The normalized spacial score (nSPS) is 13.3. The van der Waals surface area contributed by atoms with Crippen LogP contribution in [0.5, 0.6) is 0 Å². The van der Waals surface area contributed by atoms with Gasteiger partial charge < -0.3 is 15.5 Å². The number of benzene rings is 1. The van der Waals surface area contributed by atoms with Gasteiger partial charge in [0.1, 0.15) is 5.82 Å². The number of hydrogen-bond acceptors (Lipinski definition) is 4. The minimum absolute atomic E-state index is 0.0411. The Morgan fingerprint density at radius 1 is 1.30 bits per heavy atom. The molecule has 0 saturated heterocycles. The zero-order valence-corrected chi connectivity index (χ0v) is 16.4. The van der Waals surface area contributed by atoms with Crippen LogP contribution in [0, 0.1) is 18.7 Å². The first kappa shape index (κ1) is 19.4. The van der Waals surface area contributed by atoms with Crippen LogP contribution in [0.2, 0.25) is 0 Å². The molecule has 5 nitrogen and oxygen atoms in total. The molecule has 0 aliphatic heterocycles. The van der Waals surface area contributed by atoms with E-state index in [0.717, 1.165) is 18.4 Å². The van der Waals surface area contributed by atoms with Crippen LogP contribution in [0.3, 0.4) is 0 Å². The number of hydrogen-bond donors (Lipinski definition) is 2. The third-order valence-corrected chi connectivity index (χ3v) is 5.69. The van der Waals surface area contributed by atoms with Crippen molar-refractivity contribution >= 4 is 33.8 Å². The predicted octanol–water partition coefficient (Wildman–Crippen LogP) is 3.80. The fourth-order valence-electron chi connectivity index (χ4n) is 2.82. The van der Waals surface area contributed by atoms with Crippen LogP contribution in [-0.4, -0.2) is 32.0 Å². The molecule has 1 aromatic carbocycles. The maximum Gasteiger partial charge on any atom is 0.261 e. The van der Waals surface area contributed by atoms with Crippen molar-refractivity contribution in [1.29, 1.82) is 0 Å². The van der Waals surface area contributed by atoms with Crippen molar-refractivity contribution in [3.8, 4) is 0 Å². The molecule has 1 fully saturated rings. The number of amides is 2. The van der Waals surface area contributed by atoms with Crippen molar-refractivity contribution in [2.45, 2.75) is 26.2 Å². The lowest BCUT2D eigenvalue weighted by molar-refractivity contribution is -0.117. The lowest BCUT2D eigenvalue weighted by Crippen LogP contribution is -2.28. The van der Waals surface area contributed by atoms with E-state index in [4.69, 9.17) is 0 Å². The molecule has 7 heteroatoms. The highest BCUT2D eigenvalue weighted by Gasteiger charge is 2.30. The van der Waals surface area contributed by atoms with E-state index >= 15 is 0 Å². The Bertz CT molecular complexity index is 832. The first-order chi connectivity index (χ1) is 13.0. The monoisotopic (exact) mass is 389 g/mol. The van der Waals surface area contributed by atoms with E-state index in [0.29, 0.717) is 35.1 Å². The van der Waals surface area contributed by atoms with Gasteiger partial charge in [-0.1, -0.05) is 12.1 Å². The zero-order valence-electron chi connectivity index (χ0n) is 15.5. The molecule has 2 amide bonds. The largest absolute Gasteiger partial charge is 0.372 e. The highest BCUT2D eigenvalue weighted by atomic mass is 32.1. The van der Waals surface area contributed by atoms with E-state index in [-0.39, 0.29) is 23.5 Å². The molecule has 2 aromatic rings. The van der Waals surface area contributed by atoms with E-state index in [2.05, 4.69) is 10.6 Å². The van der Waals surface area contributed by atoms with E-state index in [1.807, 2.05) is 24.9 Å². The van der Waals surface area contributed by atoms with Gasteiger partial charge in [-0.2, -0.15) is 0 Å². The molecule has 1 saturated carbocycles. The molecule has 0 spiro atoms. The predicted molar refractivity (Wildman–Crippen MR) is 107 cm³/mol. The van der Waals surface area contributed by atoms with Gasteiger partial charge in [0.15, 0.2) is 0 Å². The number of halogens is 1. The van der Waals surface area contributed by atoms with Crippen LogP contribution >= 0.6 is 11.3 Å². The number of nitrogens with zero attached hydrogens (tertiary/aromatic N) is 1. The summed E-state index contributed by atoms with van der Waals surface area (Å²) < 4.78 is 13.7. The molecule has 3 rings (SSSR count). The summed E-state index contributed by atoms with van der Waals surface area (Å²) in [5.41, 5.74) is 1.40. The minimum atomic E-state index is -0.251. The van der Waals surface area contributed by atoms with Crippen LogP contribution in [0.15, 0.2) is 30.3 Å². The molecule has 1 heterocycles. The summed E-state index contributed by atoms with van der Waals surface area (Å²) in [4.78, 5) is 26.7. The second-order valence-electron chi connectivity index (χ2n) is 6.87. The number of carbonyl (C=O) groups is 2. The first-order valence-corrected chi connectivity index (χ1v) is 9.92. The Morgan fingerprint density at radius 2 is 2.04 bits per heavy atom. The summed E-state index contributed by atoms with van der Waals surface area (Å²) in [7, 11) is 1.83. The first-order valence-electron chi connectivity index (χ1n) is 9.11. The number of nitrogens with one attached hydrogen (secondary N) is 2. The van der Waals surface area contributed by atoms with E-state index in [1.165, 1.54) is 17.4 Å². The topological polar surface area (TPSA) is 61.4 Å². The number of anilines is 2. The fourth-order valence-corrected chi connectivity index (χ4v) is 3.81. The second-order valence-corrected chi connectivity index (χ2v) is 7.92. The lowest BCUT2D eigenvalue weighted by Gasteiger charge is -2.19. The van der Waals surface area contributed by atoms with Crippen molar-refractivity contribution < 1.29 is 14.0 Å². The lowest BCUT2D eigenvalue weighted by atomic mass is 10.2. The molecule has 1 aromatic heterocycles. The van der Waals surface area contributed by atoms with Crippen molar-refractivity contribution in [3.63, 3.8) is 0 Å². The van der Waals surface area contributed by atoms with Gasteiger partial charge in [-0.25, -0.2) is 4.39 Å². The van der Waals surface area contributed by atoms with Gasteiger partial charge in [-0.05, 0) is 49.9 Å². The van der Waals surface area contributed by atoms with Crippen molar-refractivity contribution in [1.82, 2.24) is 5.32 Å². The average Bonchev–Trinajstić information content (AvgIpc) is 3.42. The molecule has 1 aliphatic carbocycles. The highest BCUT2D eigenvalue weighted by Crippen LogP contribution is 2.32. The molecule has 144 valence electrons. The Hall–Kier alpha value is -2.41. The van der Waals surface area contributed by atoms with Crippen molar-refractivity contribution in [2.75, 3.05) is 30.4 Å². The number of thiophene rings is 1. The smallest absolute Gasteiger partial charge is 0.261 e. The summed E-state index contributed by atoms with van der Waals surface area (Å²) in [5.74, 6) is -0.215. The number of para-hydroxylation sites is 1. The van der Waals surface area contributed by atoms with Gasteiger partial charge in [0.2, 0.25) is 5.91 Å². The Morgan fingerprint density at radius 3 is 2.74 bits per heavy atom. The fraction of sp³-hybridized carbons (Fsp3) is 0.400. The van der Waals surface area contributed by atoms with E-state index in [9.17, 15) is 14.0 Å². The molecule has 1 aliphatic rings. The third kappa shape index (κ3) is 5.07. The molecular weight excluding hydrogens is 365 g/mol. The molecule has 2 N–H and O–H groups in total. The summed E-state index contributed by atoms with van der Waals surface area (Å²) in [5, 5.41) is 6.50. The van der Waals surface area contributed by atoms with Gasteiger partial charge in [0, 0.05) is 26.1 Å². The minimum Gasteiger partial charge on any atom is -0.372 e. The summed E-state index contributed by atoms with van der Waals surface area (Å²) in [6.45, 7) is 3.00. The average molecular weight is 389 g/mol. The molecular formula is C20H24FN3O2S. The van der Waals surface area contributed by atoms with Crippen LogP contribution in [0.1, 0.15) is 34.5 Å². The second kappa shape index (κ2) is 8.52. The number of rotatable bonds is 8. The molecule has 0 bridgehead atoms. The highest BCUT2D eigenvalue weighted by molar-refractivity contribution is 7.18. The Kier molecular flexibility index (Phi) is 6.11. The quantitative estimate of drug-likeness (QED) is 0.675. The summed E-state index contributed by atoms with van der Waals surface area (Å²) >= 11 is 1.30. The van der Waals surface area contributed by atoms with Gasteiger partial charge in [0.05, 0.1) is 15.6 Å². The number of carbonyl (C=O) groups excluding carboxylic acids is 2. The molecule has 0 atom stereocenters. The molecule has 27 heavy (non-hydrogen) atoms. The van der Waals surface area contributed by atoms with Gasteiger partial charge >= 0.3 is 0 Å². The zero-order chi connectivity index (χ0) is 19.4. The summed E-state index contributed by atoms with van der Waals surface area (Å²) in [6, 6.07) is 8.48. The maximum absolute atomic E-state index is 13.7. The van der Waals surface area contributed by atoms with Gasteiger partial charge in [-0.15, -0.1) is 11.3 Å². The standard InChI is InChI=1S/C20H24FN3O2S/c1-13-12-17(23-19(25)14-8-9-14)27-18(13)20(26)22-10-5-11-24(2)16-7-4-3-6-15(16)21/h3-4,6-7,12,14H,5,8-11H2,1-2H3,(H,22,26)(H,23,25). The summed E-state index contributed by atoms with van der Waals surface area (Å²) in [6.07, 6.45) is 2.60. The Labute approximate surface area is 162 Å². The van der Waals surface area contributed by atoms with Gasteiger partial charge in [-0.3, -0.25) is 9.59 Å². The molecule has 0 radical (unpaired) electrons. The number of aryl methyl sites for hydroxylation is 1. The van der Waals surface area contributed by atoms with Crippen LogP contribution < -0.4 is 15.5 Å². The van der Waals surface area contributed by atoms with E-state index in [1.54, 1.807) is 18.2 Å². The SMILES string of the molecule is Cc1cc(NC(=O)C2CC2)sc1C(=O)NCCCN(C)c1ccccc1F. The van der Waals surface area contributed by atoms with Crippen molar-refractivity contribution in [2.24, 2.45) is 5.92 Å². The van der Waals surface area contributed by atoms with Crippen LogP contribution in [0.4, 0.5) is 15.1 Å². The Balaban J connectivity index is 1.46. The third-order valence-electron chi connectivity index (χ3n) is 4.54. The van der Waals surface area contributed by atoms with E-state index < -0.39 is 0 Å².